The Bertz CT molecular complexity index is 322. The van der Waals surface area contributed by atoms with Crippen LogP contribution in [0.5, 0.6) is 0 Å². The molecule has 0 unspecified atom stereocenters. The van der Waals surface area contributed by atoms with Crippen LogP contribution in [0, 0.1) is 18.8 Å². The van der Waals surface area contributed by atoms with Crippen LogP contribution in [0.25, 0.3) is 0 Å². The lowest BCUT2D eigenvalue weighted by Crippen LogP contribution is -2.19. The highest BCUT2D eigenvalue weighted by Gasteiger charge is 2.19. The molecule has 3 heteroatoms. The number of hydrogen-bond donors (Lipinski definition) is 1. The monoisotopic (exact) mass is 207 g/mol. The second-order valence-electron chi connectivity index (χ2n) is 5.02. The van der Waals surface area contributed by atoms with Gasteiger partial charge in [-0.25, -0.2) is 4.68 Å². The summed E-state index contributed by atoms with van der Waals surface area (Å²) in [6.07, 6.45) is 7.26. The van der Waals surface area contributed by atoms with Crippen molar-refractivity contribution in [1.82, 2.24) is 9.78 Å². The van der Waals surface area contributed by atoms with Crippen molar-refractivity contribution in [1.29, 1.82) is 0 Å². The van der Waals surface area contributed by atoms with Crippen LogP contribution in [0.3, 0.4) is 0 Å². The molecule has 0 aromatic carbocycles. The summed E-state index contributed by atoms with van der Waals surface area (Å²) < 4.78 is 1.97. The maximum atomic E-state index is 5.95. The molecule has 1 heterocycles. The number of nitrogens with zero attached hydrogens (tertiary/aromatic N) is 2. The third kappa shape index (κ3) is 2.33. The van der Waals surface area contributed by atoms with Crippen LogP contribution < -0.4 is 5.73 Å². The van der Waals surface area contributed by atoms with Crippen molar-refractivity contribution in [3.05, 3.63) is 11.8 Å². The molecule has 15 heavy (non-hydrogen) atoms. The summed E-state index contributed by atoms with van der Waals surface area (Å²) in [7, 11) is 0. The minimum absolute atomic E-state index is 0.780. The van der Waals surface area contributed by atoms with E-state index in [9.17, 15) is 0 Å². The minimum Gasteiger partial charge on any atom is -0.384 e. The third-order valence-electron chi connectivity index (χ3n) is 3.64. The summed E-state index contributed by atoms with van der Waals surface area (Å²) >= 11 is 0. The maximum absolute atomic E-state index is 5.95. The van der Waals surface area contributed by atoms with E-state index in [-0.39, 0.29) is 0 Å². The van der Waals surface area contributed by atoms with Crippen LogP contribution in [0.2, 0.25) is 0 Å². The summed E-state index contributed by atoms with van der Waals surface area (Å²) in [4.78, 5) is 0. The van der Waals surface area contributed by atoms with E-state index in [1.807, 2.05) is 17.8 Å². The van der Waals surface area contributed by atoms with Crippen LogP contribution in [-0.4, -0.2) is 9.78 Å². The number of aryl methyl sites for hydroxylation is 1. The van der Waals surface area contributed by atoms with Gasteiger partial charge in [0, 0.05) is 12.1 Å². The van der Waals surface area contributed by atoms with Crippen molar-refractivity contribution in [3.63, 3.8) is 0 Å². The predicted octanol–water partition coefficient (Wildman–Crippen LogP) is 2.60. The van der Waals surface area contributed by atoms with Crippen molar-refractivity contribution in [2.75, 3.05) is 5.73 Å². The molecule has 0 amide bonds. The smallest absolute Gasteiger partial charge is 0.124 e. The molecule has 3 nitrogen and oxygen atoms in total. The van der Waals surface area contributed by atoms with E-state index in [0.717, 1.165) is 29.8 Å². The molecule has 0 saturated heterocycles. The van der Waals surface area contributed by atoms with Gasteiger partial charge in [-0.1, -0.05) is 19.8 Å². The zero-order valence-electron chi connectivity index (χ0n) is 9.74. The highest BCUT2D eigenvalue weighted by Crippen LogP contribution is 2.29. The first-order chi connectivity index (χ1) is 7.16. The number of nitrogen functional groups attached to an aromatic ring is 1. The fraction of sp³-hybridized carbons (Fsp3) is 0.750. The van der Waals surface area contributed by atoms with Gasteiger partial charge in [-0.2, -0.15) is 5.10 Å². The number of aromatic nitrogens is 2. The average molecular weight is 207 g/mol. The Morgan fingerprint density at radius 1 is 1.40 bits per heavy atom. The molecular weight excluding hydrogens is 186 g/mol. The highest BCUT2D eigenvalue weighted by molar-refractivity contribution is 5.36. The third-order valence-corrected chi connectivity index (χ3v) is 3.64. The first-order valence-corrected chi connectivity index (χ1v) is 5.94. The summed E-state index contributed by atoms with van der Waals surface area (Å²) in [6, 6.07) is 0. The van der Waals surface area contributed by atoms with E-state index >= 15 is 0 Å². The zero-order chi connectivity index (χ0) is 10.8. The summed E-state index contributed by atoms with van der Waals surface area (Å²) in [5.41, 5.74) is 7.04. The first-order valence-electron chi connectivity index (χ1n) is 5.94. The normalized spacial score (nSPS) is 26.8. The molecule has 1 aliphatic carbocycles. The number of anilines is 1. The van der Waals surface area contributed by atoms with Crippen molar-refractivity contribution in [2.24, 2.45) is 11.8 Å². The fourth-order valence-corrected chi connectivity index (χ4v) is 2.39. The zero-order valence-corrected chi connectivity index (χ0v) is 9.74. The van der Waals surface area contributed by atoms with Crippen LogP contribution in [0.4, 0.5) is 5.82 Å². The molecule has 1 fully saturated rings. The standard InChI is InChI=1S/C12H21N3/c1-9-3-5-11(6-4-9)8-15-12(13)10(2)7-14-15/h7,9,11H,3-6,8,13H2,1-2H3. The molecule has 1 aromatic rings. The molecule has 1 aromatic heterocycles. The van der Waals surface area contributed by atoms with Gasteiger partial charge in [0.25, 0.3) is 0 Å². The average Bonchev–Trinajstić information content (AvgIpc) is 2.53. The topological polar surface area (TPSA) is 43.8 Å². The SMILES string of the molecule is Cc1cnn(CC2CCC(C)CC2)c1N. The lowest BCUT2D eigenvalue weighted by molar-refractivity contribution is 0.259. The molecule has 0 spiro atoms. The molecule has 84 valence electrons. The summed E-state index contributed by atoms with van der Waals surface area (Å²) in [5, 5.41) is 4.32. The van der Waals surface area contributed by atoms with Crippen LogP contribution in [-0.2, 0) is 6.54 Å². The van der Waals surface area contributed by atoms with E-state index in [2.05, 4.69) is 12.0 Å². The van der Waals surface area contributed by atoms with Gasteiger partial charge in [0.2, 0.25) is 0 Å². The van der Waals surface area contributed by atoms with Crippen molar-refractivity contribution < 1.29 is 0 Å². The summed E-state index contributed by atoms with van der Waals surface area (Å²) in [5.74, 6) is 2.54. The quantitative estimate of drug-likeness (QED) is 0.810. The van der Waals surface area contributed by atoms with Crippen molar-refractivity contribution >= 4 is 5.82 Å². The van der Waals surface area contributed by atoms with Gasteiger partial charge in [0.15, 0.2) is 0 Å². The van der Waals surface area contributed by atoms with Gasteiger partial charge in [-0.3, -0.25) is 0 Å². The lowest BCUT2D eigenvalue weighted by atomic mass is 9.83. The lowest BCUT2D eigenvalue weighted by Gasteiger charge is -2.26. The second kappa shape index (κ2) is 4.25. The van der Waals surface area contributed by atoms with Crippen molar-refractivity contribution in [2.45, 2.75) is 46.1 Å². The Labute approximate surface area is 91.7 Å². The molecule has 1 aliphatic rings. The van der Waals surface area contributed by atoms with E-state index in [0.29, 0.717) is 0 Å². The van der Waals surface area contributed by atoms with Gasteiger partial charge in [-0.15, -0.1) is 0 Å². The van der Waals surface area contributed by atoms with Gasteiger partial charge in [0.1, 0.15) is 5.82 Å². The molecule has 2 rings (SSSR count). The number of nitrogens with two attached hydrogens (primary N) is 1. The number of rotatable bonds is 2. The molecule has 0 aliphatic heterocycles. The molecular formula is C12H21N3. The van der Waals surface area contributed by atoms with Gasteiger partial charge in [-0.05, 0) is 31.6 Å². The first kappa shape index (κ1) is 10.5. The highest BCUT2D eigenvalue weighted by atomic mass is 15.3. The fourth-order valence-electron chi connectivity index (χ4n) is 2.39. The van der Waals surface area contributed by atoms with Crippen LogP contribution in [0.1, 0.15) is 38.2 Å². The van der Waals surface area contributed by atoms with Gasteiger partial charge in [0.05, 0.1) is 6.20 Å². The van der Waals surface area contributed by atoms with E-state index in [1.54, 1.807) is 0 Å². The molecule has 2 N–H and O–H groups in total. The Balaban J connectivity index is 1.94. The Morgan fingerprint density at radius 2 is 2.07 bits per heavy atom. The Hall–Kier alpha value is -0.990. The molecule has 0 radical (unpaired) electrons. The number of hydrogen-bond acceptors (Lipinski definition) is 2. The van der Waals surface area contributed by atoms with Crippen molar-refractivity contribution in [3.8, 4) is 0 Å². The maximum Gasteiger partial charge on any atom is 0.124 e. The largest absolute Gasteiger partial charge is 0.384 e. The molecule has 0 bridgehead atoms. The molecule has 0 atom stereocenters. The van der Waals surface area contributed by atoms with Gasteiger partial charge < -0.3 is 5.73 Å². The summed E-state index contributed by atoms with van der Waals surface area (Å²) in [6.45, 7) is 5.37. The Kier molecular flexibility index (Phi) is 2.98. The Morgan fingerprint density at radius 3 is 2.60 bits per heavy atom. The second-order valence-corrected chi connectivity index (χ2v) is 5.02. The minimum atomic E-state index is 0.780. The van der Waals surface area contributed by atoms with E-state index in [1.165, 1.54) is 25.7 Å². The van der Waals surface area contributed by atoms with E-state index < -0.39 is 0 Å². The van der Waals surface area contributed by atoms with E-state index in [4.69, 9.17) is 5.73 Å². The van der Waals surface area contributed by atoms with Crippen LogP contribution in [0.15, 0.2) is 6.20 Å². The van der Waals surface area contributed by atoms with Crippen LogP contribution >= 0.6 is 0 Å². The predicted molar refractivity (Wildman–Crippen MR) is 62.5 cm³/mol. The molecule has 1 saturated carbocycles. The van der Waals surface area contributed by atoms with Gasteiger partial charge >= 0.3 is 0 Å².